The van der Waals surface area contributed by atoms with Gasteiger partial charge in [-0.25, -0.2) is 0 Å². The number of amides is 1. The molecule has 1 aliphatic heterocycles. The average molecular weight is 440 g/mol. The van der Waals surface area contributed by atoms with Gasteiger partial charge in [0.15, 0.2) is 0 Å². The van der Waals surface area contributed by atoms with Gasteiger partial charge in [-0.05, 0) is 68.7 Å². The van der Waals surface area contributed by atoms with Crippen LogP contribution in [0, 0.1) is 6.92 Å². The highest BCUT2D eigenvalue weighted by Crippen LogP contribution is 2.40. The number of ether oxygens (including phenoxy) is 2. The number of benzene rings is 2. The number of aliphatic hydroxyl groups excluding tert-OH is 1. The van der Waals surface area contributed by atoms with E-state index in [1.165, 1.54) is 17.0 Å². The Hall–Kier alpha value is -3.32. The fourth-order valence-corrected chi connectivity index (χ4v) is 3.89. The summed E-state index contributed by atoms with van der Waals surface area (Å²) in [5.41, 5.74) is 1.73. The number of hydrogen-bond acceptors (Lipinski definition) is 6. The predicted octanol–water partition coefficient (Wildman–Crippen LogP) is 3.95. The van der Waals surface area contributed by atoms with Crippen LogP contribution in [0.25, 0.3) is 5.76 Å². The fourth-order valence-electron chi connectivity index (χ4n) is 3.89. The van der Waals surface area contributed by atoms with Crippen molar-refractivity contribution < 1.29 is 29.3 Å². The first-order chi connectivity index (χ1) is 15.2. The molecule has 0 radical (unpaired) electrons. The van der Waals surface area contributed by atoms with Crippen LogP contribution in [0.2, 0.25) is 0 Å². The molecule has 1 unspecified atom stereocenters. The number of nitrogens with zero attached hydrogens (tertiary/aromatic N) is 1. The van der Waals surface area contributed by atoms with Crippen LogP contribution < -0.4 is 4.74 Å². The summed E-state index contributed by atoms with van der Waals surface area (Å²) in [5, 5.41) is 21.1. The number of ketones is 1. The summed E-state index contributed by atoms with van der Waals surface area (Å²) in [4.78, 5) is 27.4. The van der Waals surface area contributed by atoms with Gasteiger partial charge in [0.05, 0.1) is 24.8 Å². The Kier molecular flexibility index (Phi) is 7.20. The Morgan fingerprint density at radius 3 is 2.53 bits per heavy atom. The molecule has 3 rings (SSSR count). The molecule has 1 amide bonds. The first kappa shape index (κ1) is 23.3. The topological polar surface area (TPSA) is 96.3 Å². The Balaban J connectivity index is 2.06. The van der Waals surface area contributed by atoms with Crippen LogP contribution in [-0.2, 0) is 14.3 Å². The lowest BCUT2D eigenvalue weighted by Crippen LogP contribution is -2.31. The third-order valence-corrected chi connectivity index (χ3v) is 5.39. The van der Waals surface area contributed by atoms with E-state index in [-0.39, 0.29) is 29.7 Å². The van der Waals surface area contributed by atoms with E-state index >= 15 is 0 Å². The first-order valence-corrected chi connectivity index (χ1v) is 10.6. The second kappa shape index (κ2) is 9.87. The van der Waals surface area contributed by atoms with Crippen molar-refractivity contribution in [1.29, 1.82) is 0 Å². The molecule has 1 atom stereocenters. The van der Waals surface area contributed by atoms with Gasteiger partial charge in [0.25, 0.3) is 11.7 Å². The number of carbonyl (C=O) groups is 2. The van der Waals surface area contributed by atoms with Crippen LogP contribution in [0.4, 0.5) is 0 Å². The second-order valence-corrected chi connectivity index (χ2v) is 8.04. The zero-order valence-corrected chi connectivity index (χ0v) is 18.8. The lowest BCUT2D eigenvalue weighted by Gasteiger charge is -2.25. The molecule has 2 aromatic carbocycles. The summed E-state index contributed by atoms with van der Waals surface area (Å²) in [6, 6.07) is 10.6. The van der Waals surface area contributed by atoms with Gasteiger partial charge in [-0.3, -0.25) is 9.59 Å². The van der Waals surface area contributed by atoms with Crippen LogP contribution >= 0.6 is 0 Å². The summed E-state index contributed by atoms with van der Waals surface area (Å²) in [7, 11) is 1.55. The number of carbonyl (C=O) groups excluding carboxylic acids is 2. The van der Waals surface area contributed by atoms with Gasteiger partial charge in [0, 0.05) is 18.7 Å². The van der Waals surface area contributed by atoms with Crippen LogP contribution in [0.5, 0.6) is 11.5 Å². The molecule has 170 valence electrons. The minimum atomic E-state index is -0.816. The van der Waals surface area contributed by atoms with E-state index in [1.807, 2.05) is 20.8 Å². The van der Waals surface area contributed by atoms with Gasteiger partial charge in [-0.1, -0.05) is 12.1 Å². The van der Waals surface area contributed by atoms with E-state index in [0.717, 1.165) is 5.56 Å². The maximum absolute atomic E-state index is 13.0. The fraction of sp³-hybridized carbons (Fsp3) is 0.360. The number of aromatic hydroxyl groups is 1. The molecule has 1 fully saturated rings. The zero-order valence-electron chi connectivity index (χ0n) is 18.8. The number of phenolic OH excluding ortho intramolecular Hbond substituents is 1. The van der Waals surface area contributed by atoms with Crippen molar-refractivity contribution in [2.24, 2.45) is 0 Å². The number of Topliss-reactive ketones (excluding diaryl/α,β-unsaturated/α-hetero) is 1. The molecule has 1 saturated heterocycles. The molecule has 1 heterocycles. The largest absolute Gasteiger partial charge is 0.508 e. The molecule has 0 aliphatic carbocycles. The normalized spacial score (nSPS) is 17.9. The molecule has 7 nitrogen and oxygen atoms in total. The summed E-state index contributed by atoms with van der Waals surface area (Å²) in [6.07, 6.45) is 0.591. The molecule has 0 aromatic heterocycles. The van der Waals surface area contributed by atoms with E-state index in [9.17, 15) is 19.8 Å². The highest BCUT2D eigenvalue weighted by Gasteiger charge is 2.45. The zero-order chi connectivity index (χ0) is 23.4. The van der Waals surface area contributed by atoms with Gasteiger partial charge in [-0.15, -0.1) is 0 Å². The standard InChI is InChI=1S/C25H29NO6/c1-15(2)32-12-6-11-26-22(17-7-5-8-19(27)14-17)21(24(29)25(26)30)23(28)18-9-10-20(31-4)16(3)13-18/h5,7-10,13-15,22,27-28H,6,11-12H2,1-4H3/b23-21-. The van der Waals surface area contributed by atoms with Crippen molar-refractivity contribution in [3.05, 3.63) is 64.7 Å². The smallest absolute Gasteiger partial charge is 0.295 e. The number of rotatable bonds is 8. The highest BCUT2D eigenvalue weighted by atomic mass is 16.5. The third-order valence-electron chi connectivity index (χ3n) is 5.39. The average Bonchev–Trinajstić information content (AvgIpc) is 3.01. The van der Waals surface area contributed by atoms with Crippen molar-refractivity contribution in [2.75, 3.05) is 20.3 Å². The summed E-state index contributed by atoms with van der Waals surface area (Å²) in [5.74, 6) is -1.04. The molecular weight excluding hydrogens is 410 g/mol. The van der Waals surface area contributed by atoms with Crippen molar-refractivity contribution in [2.45, 2.75) is 39.3 Å². The number of aliphatic hydroxyl groups is 1. The van der Waals surface area contributed by atoms with Crippen LogP contribution in [0.1, 0.15) is 43.0 Å². The van der Waals surface area contributed by atoms with Gasteiger partial charge in [0.2, 0.25) is 0 Å². The quantitative estimate of drug-likeness (QED) is 0.280. The van der Waals surface area contributed by atoms with E-state index in [2.05, 4.69) is 0 Å². The second-order valence-electron chi connectivity index (χ2n) is 8.04. The number of aryl methyl sites for hydroxylation is 1. The van der Waals surface area contributed by atoms with Crippen molar-refractivity contribution >= 4 is 17.4 Å². The number of phenols is 1. The van der Waals surface area contributed by atoms with Crippen LogP contribution in [-0.4, -0.2) is 53.2 Å². The number of hydrogen-bond donors (Lipinski definition) is 2. The molecule has 1 aliphatic rings. The lowest BCUT2D eigenvalue weighted by molar-refractivity contribution is -0.140. The molecule has 0 bridgehead atoms. The Morgan fingerprint density at radius 2 is 1.91 bits per heavy atom. The minimum absolute atomic E-state index is 0.00468. The van der Waals surface area contributed by atoms with Crippen LogP contribution in [0.15, 0.2) is 48.0 Å². The summed E-state index contributed by atoms with van der Waals surface area (Å²) in [6.45, 7) is 6.39. The molecule has 2 aromatic rings. The maximum Gasteiger partial charge on any atom is 0.295 e. The van der Waals surface area contributed by atoms with Crippen LogP contribution in [0.3, 0.4) is 0 Å². The molecular formula is C25H29NO6. The predicted molar refractivity (Wildman–Crippen MR) is 121 cm³/mol. The maximum atomic E-state index is 13.0. The molecule has 32 heavy (non-hydrogen) atoms. The van der Waals surface area contributed by atoms with Gasteiger partial charge in [0.1, 0.15) is 17.3 Å². The number of methoxy groups -OCH3 is 1. The Morgan fingerprint density at radius 1 is 1.16 bits per heavy atom. The number of likely N-dealkylation sites (tertiary alicyclic amines) is 1. The first-order valence-electron chi connectivity index (χ1n) is 10.6. The van der Waals surface area contributed by atoms with E-state index in [4.69, 9.17) is 9.47 Å². The SMILES string of the molecule is COc1ccc(/C(O)=C2/C(=O)C(=O)N(CCCOC(C)C)C2c2cccc(O)c2)cc1C. The molecule has 2 N–H and O–H groups in total. The molecule has 7 heteroatoms. The Bertz CT molecular complexity index is 1040. The highest BCUT2D eigenvalue weighted by molar-refractivity contribution is 6.46. The van der Waals surface area contributed by atoms with E-state index < -0.39 is 17.7 Å². The van der Waals surface area contributed by atoms with Crippen molar-refractivity contribution in [3.63, 3.8) is 0 Å². The van der Waals surface area contributed by atoms with E-state index in [0.29, 0.717) is 29.9 Å². The molecule has 0 spiro atoms. The Labute approximate surface area is 187 Å². The van der Waals surface area contributed by atoms with Gasteiger partial charge < -0.3 is 24.6 Å². The monoisotopic (exact) mass is 439 g/mol. The van der Waals surface area contributed by atoms with E-state index in [1.54, 1.807) is 37.4 Å². The summed E-state index contributed by atoms with van der Waals surface area (Å²) >= 11 is 0. The summed E-state index contributed by atoms with van der Waals surface area (Å²) < 4.78 is 10.8. The molecule has 0 saturated carbocycles. The lowest BCUT2D eigenvalue weighted by atomic mass is 9.94. The van der Waals surface area contributed by atoms with Gasteiger partial charge >= 0.3 is 0 Å². The third kappa shape index (κ3) is 4.78. The van der Waals surface area contributed by atoms with Gasteiger partial charge in [-0.2, -0.15) is 0 Å². The van der Waals surface area contributed by atoms with Crippen molar-refractivity contribution in [1.82, 2.24) is 4.90 Å². The minimum Gasteiger partial charge on any atom is -0.508 e. The van der Waals surface area contributed by atoms with Crippen molar-refractivity contribution in [3.8, 4) is 11.5 Å².